The molecule has 0 radical (unpaired) electrons. The van der Waals surface area contributed by atoms with Crippen molar-refractivity contribution >= 4 is 11.8 Å². The summed E-state index contributed by atoms with van der Waals surface area (Å²) in [4.78, 5) is 25.2. The molecule has 0 aromatic heterocycles. The number of carbonyl (C=O) groups excluding carboxylic acids is 2. The Morgan fingerprint density at radius 1 is 1.19 bits per heavy atom. The molecule has 0 atom stereocenters. The molecule has 0 aromatic rings. The van der Waals surface area contributed by atoms with E-state index in [2.05, 4.69) is 0 Å². The van der Waals surface area contributed by atoms with Gasteiger partial charge in [-0.15, -0.1) is 0 Å². The molecule has 2 amide bonds. The lowest BCUT2D eigenvalue weighted by atomic mass is 9.76. The van der Waals surface area contributed by atoms with Crippen LogP contribution in [0.4, 0.5) is 0 Å². The Morgan fingerprint density at radius 2 is 1.69 bits per heavy atom. The molecule has 4 heteroatoms. The normalized spacial score (nSPS) is 27.8. The van der Waals surface area contributed by atoms with Crippen molar-refractivity contribution in [3.63, 3.8) is 0 Å². The molecular weight excluding hydrogens is 204 g/mol. The highest BCUT2D eigenvalue weighted by Crippen LogP contribution is 2.35. The number of carbonyl (C=O) groups is 2. The minimum absolute atomic E-state index is 0.0574. The predicted molar refractivity (Wildman–Crippen MR) is 60.5 cm³/mol. The molecule has 2 fully saturated rings. The zero-order chi connectivity index (χ0) is 12.0. The SMILES string of the molecule is CC1(C)CC(=O)N(CC2(N)CCC2)C(=O)C1. The molecule has 0 bridgehead atoms. The number of likely N-dealkylation sites (tertiary alicyclic amines) is 1. The first-order chi connectivity index (χ1) is 7.31. The van der Waals surface area contributed by atoms with E-state index in [1.807, 2.05) is 13.8 Å². The first kappa shape index (κ1) is 11.6. The Kier molecular flexibility index (Phi) is 2.57. The molecule has 90 valence electrons. The first-order valence-corrected chi connectivity index (χ1v) is 5.94. The minimum Gasteiger partial charge on any atom is -0.324 e. The lowest BCUT2D eigenvalue weighted by Gasteiger charge is -2.44. The Labute approximate surface area is 96.2 Å². The van der Waals surface area contributed by atoms with Gasteiger partial charge < -0.3 is 5.73 Å². The van der Waals surface area contributed by atoms with Gasteiger partial charge in [0, 0.05) is 24.9 Å². The fourth-order valence-corrected chi connectivity index (χ4v) is 2.49. The third kappa shape index (κ3) is 2.12. The molecule has 1 aliphatic heterocycles. The van der Waals surface area contributed by atoms with E-state index in [9.17, 15) is 9.59 Å². The number of hydrogen-bond acceptors (Lipinski definition) is 3. The van der Waals surface area contributed by atoms with Crippen molar-refractivity contribution in [2.45, 2.75) is 51.5 Å². The number of piperidine rings is 1. The average Bonchev–Trinajstić information content (AvgIpc) is 2.07. The highest BCUT2D eigenvalue weighted by Gasteiger charge is 2.42. The maximum absolute atomic E-state index is 11.9. The summed E-state index contributed by atoms with van der Waals surface area (Å²) in [6, 6.07) is 0. The second-order valence-corrected chi connectivity index (χ2v) is 6.11. The van der Waals surface area contributed by atoms with Crippen molar-refractivity contribution in [2.24, 2.45) is 11.1 Å². The summed E-state index contributed by atoms with van der Waals surface area (Å²) in [6.45, 7) is 4.34. The van der Waals surface area contributed by atoms with Gasteiger partial charge in [0.2, 0.25) is 11.8 Å². The maximum Gasteiger partial charge on any atom is 0.229 e. The van der Waals surface area contributed by atoms with Crippen molar-refractivity contribution in [2.75, 3.05) is 6.54 Å². The van der Waals surface area contributed by atoms with E-state index in [1.54, 1.807) is 0 Å². The fourth-order valence-electron chi connectivity index (χ4n) is 2.49. The Hall–Kier alpha value is -0.900. The highest BCUT2D eigenvalue weighted by molar-refractivity contribution is 5.98. The molecule has 1 heterocycles. The summed E-state index contributed by atoms with van der Waals surface area (Å²) in [5, 5.41) is 0. The van der Waals surface area contributed by atoms with E-state index < -0.39 is 0 Å². The van der Waals surface area contributed by atoms with Crippen molar-refractivity contribution in [1.82, 2.24) is 4.90 Å². The third-order valence-electron chi connectivity index (χ3n) is 3.68. The summed E-state index contributed by atoms with van der Waals surface area (Å²) in [5.74, 6) is -0.115. The van der Waals surface area contributed by atoms with Crippen molar-refractivity contribution in [3.8, 4) is 0 Å². The number of hydrogen-bond donors (Lipinski definition) is 1. The van der Waals surface area contributed by atoms with Gasteiger partial charge in [-0.3, -0.25) is 14.5 Å². The first-order valence-electron chi connectivity index (χ1n) is 5.94. The largest absolute Gasteiger partial charge is 0.324 e. The summed E-state index contributed by atoms with van der Waals surface area (Å²) in [7, 11) is 0. The lowest BCUT2D eigenvalue weighted by Crippen LogP contribution is -2.59. The topological polar surface area (TPSA) is 63.4 Å². The molecule has 0 unspecified atom stereocenters. The minimum atomic E-state index is -0.299. The van der Waals surface area contributed by atoms with Crippen LogP contribution in [0.2, 0.25) is 0 Å². The molecule has 16 heavy (non-hydrogen) atoms. The highest BCUT2D eigenvalue weighted by atomic mass is 16.2. The van der Waals surface area contributed by atoms with Gasteiger partial charge in [0.25, 0.3) is 0 Å². The van der Waals surface area contributed by atoms with Gasteiger partial charge in [0.1, 0.15) is 0 Å². The lowest BCUT2D eigenvalue weighted by molar-refractivity contribution is -0.154. The summed E-state index contributed by atoms with van der Waals surface area (Å²) in [6.07, 6.45) is 3.86. The monoisotopic (exact) mass is 224 g/mol. The zero-order valence-corrected chi connectivity index (χ0v) is 10.1. The van der Waals surface area contributed by atoms with E-state index >= 15 is 0 Å². The van der Waals surface area contributed by atoms with Crippen LogP contribution in [-0.4, -0.2) is 28.8 Å². The number of imide groups is 1. The van der Waals surface area contributed by atoms with Gasteiger partial charge in [-0.25, -0.2) is 0 Å². The fraction of sp³-hybridized carbons (Fsp3) is 0.833. The van der Waals surface area contributed by atoms with E-state index in [4.69, 9.17) is 5.73 Å². The number of nitrogens with zero attached hydrogens (tertiary/aromatic N) is 1. The van der Waals surface area contributed by atoms with Crippen LogP contribution in [0.5, 0.6) is 0 Å². The third-order valence-corrected chi connectivity index (χ3v) is 3.68. The van der Waals surface area contributed by atoms with E-state index in [1.165, 1.54) is 4.90 Å². The Balaban J connectivity index is 2.05. The van der Waals surface area contributed by atoms with E-state index in [-0.39, 0.29) is 22.8 Å². The smallest absolute Gasteiger partial charge is 0.229 e. The molecule has 2 N–H and O–H groups in total. The standard InChI is InChI=1S/C12H20N2O2/c1-11(2)6-9(15)14(10(16)7-11)8-12(13)4-3-5-12/h3-8,13H2,1-2H3. The number of rotatable bonds is 2. The number of nitrogens with two attached hydrogens (primary N) is 1. The van der Waals surface area contributed by atoms with Crippen LogP contribution in [-0.2, 0) is 9.59 Å². The molecule has 2 rings (SSSR count). The molecule has 1 saturated heterocycles. The number of amides is 2. The van der Waals surface area contributed by atoms with Crippen molar-refractivity contribution in [1.29, 1.82) is 0 Å². The maximum atomic E-state index is 11.9. The van der Waals surface area contributed by atoms with Gasteiger partial charge in [-0.05, 0) is 24.7 Å². The zero-order valence-electron chi connectivity index (χ0n) is 10.1. The molecule has 1 aliphatic carbocycles. The molecule has 4 nitrogen and oxygen atoms in total. The van der Waals surface area contributed by atoms with Crippen LogP contribution in [0.3, 0.4) is 0 Å². The second kappa shape index (κ2) is 3.55. The van der Waals surface area contributed by atoms with Gasteiger partial charge in [-0.1, -0.05) is 13.8 Å². The van der Waals surface area contributed by atoms with Crippen LogP contribution >= 0.6 is 0 Å². The van der Waals surface area contributed by atoms with Crippen LogP contribution in [0, 0.1) is 5.41 Å². The second-order valence-electron chi connectivity index (χ2n) is 6.11. The van der Waals surface area contributed by atoms with Crippen LogP contribution in [0.1, 0.15) is 46.0 Å². The summed E-state index contributed by atoms with van der Waals surface area (Å²) >= 11 is 0. The molecular formula is C12H20N2O2. The Morgan fingerprint density at radius 3 is 2.06 bits per heavy atom. The Bertz CT molecular complexity index is 312. The average molecular weight is 224 g/mol. The van der Waals surface area contributed by atoms with Crippen LogP contribution in [0.15, 0.2) is 0 Å². The van der Waals surface area contributed by atoms with Crippen molar-refractivity contribution < 1.29 is 9.59 Å². The van der Waals surface area contributed by atoms with E-state index in [0.717, 1.165) is 19.3 Å². The summed E-state index contributed by atoms with van der Waals surface area (Å²) in [5.41, 5.74) is 5.59. The molecule has 0 aromatic carbocycles. The molecule has 2 aliphatic rings. The molecule has 0 spiro atoms. The van der Waals surface area contributed by atoms with Gasteiger partial charge >= 0.3 is 0 Å². The summed E-state index contributed by atoms with van der Waals surface area (Å²) < 4.78 is 0. The van der Waals surface area contributed by atoms with Crippen LogP contribution < -0.4 is 5.73 Å². The van der Waals surface area contributed by atoms with Gasteiger partial charge in [-0.2, -0.15) is 0 Å². The van der Waals surface area contributed by atoms with Gasteiger partial charge in [0.15, 0.2) is 0 Å². The van der Waals surface area contributed by atoms with Crippen molar-refractivity contribution in [3.05, 3.63) is 0 Å². The van der Waals surface area contributed by atoms with Gasteiger partial charge in [0.05, 0.1) is 0 Å². The van der Waals surface area contributed by atoms with Crippen LogP contribution in [0.25, 0.3) is 0 Å². The van der Waals surface area contributed by atoms with E-state index in [0.29, 0.717) is 19.4 Å². The quantitative estimate of drug-likeness (QED) is 0.713. The molecule has 1 saturated carbocycles. The predicted octanol–water partition coefficient (Wildman–Crippen LogP) is 1.04.